The molecule has 0 saturated heterocycles. The van der Waals surface area contributed by atoms with Crippen molar-refractivity contribution in [3.8, 4) is 5.75 Å². The number of rotatable bonds is 4. The third kappa shape index (κ3) is 3.60. The first-order chi connectivity index (χ1) is 10.8. The lowest BCUT2D eigenvalue weighted by atomic mass is 9.84. The number of amides is 1. The van der Waals surface area contributed by atoms with Crippen molar-refractivity contribution >= 4 is 5.91 Å². The van der Waals surface area contributed by atoms with Crippen molar-refractivity contribution < 1.29 is 22.7 Å². The number of nitrogens with one attached hydrogen (secondary N) is 1. The number of benzene rings is 1. The van der Waals surface area contributed by atoms with Crippen molar-refractivity contribution in [3.05, 3.63) is 29.8 Å². The highest BCUT2D eigenvalue weighted by molar-refractivity contribution is 5.80. The first-order valence-electron chi connectivity index (χ1n) is 7.71. The van der Waals surface area contributed by atoms with Crippen molar-refractivity contribution in [2.24, 2.45) is 23.5 Å². The van der Waals surface area contributed by atoms with E-state index in [2.05, 4.69) is 10.1 Å². The minimum absolute atomic E-state index is 0.0553. The Kier molecular flexibility index (Phi) is 4.23. The highest BCUT2D eigenvalue weighted by Crippen LogP contribution is 2.47. The fraction of sp³-hybridized carbons (Fsp3) is 0.562. The topological polar surface area (TPSA) is 64.4 Å². The van der Waals surface area contributed by atoms with Crippen LogP contribution in [0, 0.1) is 17.8 Å². The van der Waals surface area contributed by atoms with Gasteiger partial charge < -0.3 is 15.8 Å². The average molecular weight is 328 g/mol. The second-order valence-corrected chi connectivity index (χ2v) is 6.35. The lowest BCUT2D eigenvalue weighted by Crippen LogP contribution is -2.45. The number of carbonyl (C=O) groups excluding carboxylic acids is 1. The zero-order chi connectivity index (χ0) is 16.6. The summed E-state index contributed by atoms with van der Waals surface area (Å²) in [5.41, 5.74) is 6.84. The second-order valence-electron chi connectivity index (χ2n) is 6.35. The number of hydrogen-bond acceptors (Lipinski definition) is 3. The van der Waals surface area contributed by atoms with Crippen molar-refractivity contribution in [1.29, 1.82) is 0 Å². The van der Waals surface area contributed by atoms with Gasteiger partial charge in [-0.05, 0) is 48.8 Å². The van der Waals surface area contributed by atoms with Crippen LogP contribution in [0.4, 0.5) is 13.2 Å². The van der Waals surface area contributed by atoms with Crippen molar-refractivity contribution in [3.63, 3.8) is 0 Å². The van der Waals surface area contributed by atoms with Crippen molar-refractivity contribution in [2.75, 3.05) is 0 Å². The summed E-state index contributed by atoms with van der Waals surface area (Å²) >= 11 is 0. The molecule has 126 valence electrons. The molecule has 3 rings (SSSR count). The van der Waals surface area contributed by atoms with Gasteiger partial charge in [-0.25, -0.2) is 0 Å². The third-order valence-electron chi connectivity index (χ3n) is 4.91. The van der Waals surface area contributed by atoms with Crippen LogP contribution >= 0.6 is 0 Å². The molecule has 4 unspecified atom stereocenters. The summed E-state index contributed by atoms with van der Waals surface area (Å²) in [6, 6.07) is 5.40. The summed E-state index contributed by atoms with van der Waals surface area (Å²) in [7, 11) is 0. The van der Waals surface area contributed by atoms with E-state index in [9.17, 15) is 18.0 Å². The molecule has 4 atom stereocenters. The highest BCUT2D eigenvalue weighted by Gasteiger charge is 2.48. The maximum Gasteiger partial charge on any atom is 0.573 e. The van der Waals surface area contributed by atoms with E-state index in [0.29, 0.717) is 17.4 Å². The Hall–Kier alpha value is -1.76. The smallest absolute Gasteiger partial charge is 0.406 e. The van der Waals surface area contributed by atoms with E-state index in [1.54, 1.807) is 0 Å². The fourth-order valence-corrected chi connectivity index (χ4v) is 3.84. The molecule has 2 aliphatic carbocycles. The highest BCUT2D eigenvalue weighted by atomic mass is 19.4. The zero-order valence-corrected chi connectivity index (χ0v) is 12.5. The van der Waals surface area contributed by atoms with E-state index in [4.69, 9.17) is 5.73 Å². The summed E-state index contributed by atoms with van der Waals surface area (Å²) in [6.07, 6.45) is -1.51. The summed E-state index contributed by atoms with van der Waals surface area (Å²) < 4.78 is 40.1. The summed E-state index contributed by atoms with van der Waals surface area (Å²) in [5, 5.41) is 2.84. The van der Waals surface area contributed by atoms with Gasteiger partial charge in [0.15, 0.2) is 0 Å². The Morgan fingerprint density at radius 1 is 1.22 bits per heavy atom. The van der Waals surface area contributed by atoms with Gasteiger partial charge in [0, 0.05) is 12.6 Å². The van der Waals surface area contributed by atoms with E-state index in [1.807, 2.05) is 0 Å². The molecule has 2 aliphatic rings. The van der Waals surface area contributed by atoms with Crippen LogP contribution in [0.15, 0.2) is 24.3 Å². The number of alkyl halides is 3. The number of carbonyl (C=O) groups is 1. The van der Waals surface area contributed by atoms with E-state index in [0.717, 1.165) is 19.3 Å². The van der Waals surface area contributed by atoms with Crippen LogP contribution in [-0.4, -0.2) is 18.3 Å². The van der Waals surface area contributed by atoms with E-state index < -0.39 is 6.36 Å². The van der Waals surface area contributed by atoms with Crippen LogP contribution in [0.25, 0.3) is 0 Å². The number of halogens is 3. The molecule has 0 radical (unpaired) electrons. The molecule has 0 heterocycles. The van der Waals surface area contributed by atoms with E-state index in [-0.39, 0.29) is 30.2 Å². The number of nitrogens with two attached hydrogens (primary N) is 1. The molecule has 2 fully saturated rings. The number of fused-ring (bicyclic) bond motifs is 2. The van der Waals surface area contributed by atoms with E-state index in [1.165, 1.54) is 24.3 Å². The molecule has 3 N–H and O–H groups in total. The molecule has 0 spiro atoms. The lowest BCUT2D eigenvalue weighted by molar-refractivity contribution is -0.274. The monoisotopic (exact) mass is 328 g/mol. The molecule has 7 heteroatoms. The fourth-order valence-electron chi connectivity index (χ4n) is 3.84. The largest absolute Gasteiger partial charge is 0.573 e. The van der Waals surface area contributed by atoms with Crippen LogP contribution in [0.3, 0.4) is 0 Å². The van der Waals surface area contributed by atoms with Crippen LogP contribution in [-0.2, 0) is 11.3 Å². The quantitative estimate of drug-likeness (QED) is 0.893. The molecule has 2 saturated carbocycles. The number of hydrogen-bond donors (Lipinski definition) is 2. The van der Waals surface area contributed by atoms with Gasteiger partial charge in [0.2, 0.25) is 5.91 Å². The van der Waals surface area contributed by atoms with Gasteiger partial charge in [0.1, 0.15) is 5.75 Å². The summed E-state index contributed by atoms with van der Waals surface area (Å²) in [4.78, 5) is 12.3. The van der Waals surface area contributed by atoms with Gasteiger partial charge in [-0.2, -0.15) is 0 Å². The minimum Gasteiger partial charge on any atom is -0.406 e. The maximum absolute atomic E-state index is 12.3. The Labute approximate surface area is 132 Å². The Balaban J connectivity index is 1.53. The first kappa shape index (κ1) is 16.1. The van der Waals surface area contributed by atoms with Gasteiger partial charge in [0.25, 0.3) is 0 Å². The van der Waals surface area contributed by atoms with Crippen LogP contribution in [0.1, 0.15) is 24.8 Å². The summed E-state index contributed by atoms with van der Waals surface area (Å²) in [6.45, 7) is 0.270. The molecule has 0 aromatic heterocycles. The Morgan fingerprint density at radius 3 is 2.43 bits per heavy atom. The maximum atomic E-state index is 12.3. The molecule has 1 aromatic carbocycles. The molecule has 0 aliphatic heterocycles. The molecular weight excluding hydrogens is 309 g/mol. The molecule has 23 heavy (non-hydrogen) atoms. The van der Waals surface area contributed by atoms with Gasteiger partial charge in [-0.1, -0.05) is 12.1 Å². The van der Waals surface area contributed by atoms with Crippen molar-refractivity contribution in [1.82, 2.24) is 5.32 Å². The minimum atomic E-state index is -4.70. The Morgan fingerprint density at radius 2 is 1.87 bits per heavy atom. The molecule has 1 aromatic rings. The summed E-state index contributed by atoms with van der Waals surface area (Å²) in [5.74, 6) is 0.358. The molecular formula is C16H19F3N2O2. The van der Waals surface area contributed by atoms with Crippen molar-refractivity contribution in [2.45, 2.75) is 38.2 Å². The molecule has 2 bridgehead atoms. The SMILES string of the molecule is NC1C2CCC(C2)C1C(=O)NCc1ccc(OC(F)(F)F)cc1. The van der Waals surface area contributed by atoms with Gasteiger partial charge in [0.05, 0.1) is 5.92 Å². The second kappa shape index (κ2) is 6.03. The Bertz CT molecular complexity index is 572. The molecule has 1 amide bonds. The van der Waals surface area contributed by atoms with Crippen LogP contribution < -0.4 is 15.8 Å². The lowest BCUT2D eigenvalue weighted by Gasteiger charge is -2.27. The molecule has 4 nitrogen and oxygen atoms in total. The van der Waals surface area contributed by atoms with Gasteiger partial charge >= 0.3 is 6.36 Å². The van der Waals surface area contributed by atoms with Crippen LogP contribution in [0.5, 0.6) is 5.75 Å². The van der Waals surface area contributed by atoms with Gasteiger partial charge in [-0.3, -0.25) is 4.79 Å². The number of ether oxygens (including phenoxy) is 1. The third-order valence-corrected chi connectivity index (χ3v) is 4.91. The first-order valence-corrected chi connectivity index (χ1v) is 7.71. The standard InChI is InChI=1S/C16H19F3N2O2/c17-16(18,19)23-12-5-1-9(2-6-12)8-21-15(22)13-10-3-4-11(7-10)14(13)20/h1-2,5-6,10-11,13-14H,3-4,7-8,20H2,(H,21,22). The van der Waals surface area contributed by atoms with E-state index >= 15 is 0 Å². The zero-order valence-electron chi connectivity index (χ0n) is 12.5. The van der Waals surface area contributed by atoms with Crippen LogP contribution in [0.2, 0.25) is 0 Å². The predicted molar refractivity (Wildman–Crippen MR) is 77.3 cm³/mol. The predicted octanol–water partition coefficient (Wildman–Crippen LogP) is 2.57. The normalized spacial score (nSPS) is 29.6. The average Bonchev–Trinajstić information content (AvgIpc) is 3.05. The van der Waals surface area contributed by atoms with Gasteiger partial charge in [-0.15, -0.1) is 13.2 Å².